The summed E-state index contributed by atoms with van der Waals surface area (Å²) < 4.78 is 19.5. The minimum Gasteiger partial charge on any atom is -0.458 e. The zero-order valence-corrected chi connectivity index (χ0v) is 11.0. The molecule has 1 atom stereocenters. The molecule has 0 saturated heterocycles. The Morgan fingerprint density at radius 3 is 2.25 bits per heavy atom. The first kappa shape index (κ1) is 13.2. The second-order valence-corrected chi connectivity index (χ2v) is 5.36. The van der Waals surface area contributed by atoms with E-state index in [4.69, 9.17) is 4.74 Å². The summed E-state index contributed by atoms with van der Waals surface area (Å²) in [5.74, 6) is -0.852. The highest BCUT2D eigenvalue weighted by atomic mass is 79.9. The molecule has 1 aromatic rings. The predicted molar refractivity (Wildman–Crippen MR) is 63.8 cm³/mol. The summed E-state index contributed by atoms with van der Waals surface area (Å²) in [6, 6.07) is 6.48. The van der Waals surface area contributed by atoms with Gasteiger partial charge in [-0.3, -0.25) is 0 Å². The van der Waals surface area contributed by atoms with Crippen molar-refractivity contribution in [3.8, 4) is 0 Å². The van der Waals surface area contributed by atoms with Gasteiger partial charge in [-0.05, 0) is 38.5 Å². The van der Waals surface area contributed by atoms with Crippen molar-refractivity contribution in [1.29, 1.82) is 0 Å². The number of carbonyl (C=O) groups is 1. The van der Waals surface area contributed by atoms with Gasteiger partial charge in [0.15, 0.2) is 0 Å². The highest BCUT2D eigenvalue weighted by Gasteiger charge is 2.25. The van der Waals surface area contributed by atoms with Crippen LogP contribution < -0.4 is 0 Å². The lowest BCUT2D eigenvalue weighted by Gasteiger charge is -2.21. The van der Waals surface area contributed by atoms with Crippen LogP contribution in [0.4, 0.5) is 4.39 Å². The molecule has 1 unspecified atom stereocenters. The van der Waals surface area contributed by atoms with Gasteiger partial charge in [0, 0.05) is 4.47 Å². The van der Waals surface area contributed by atoms with Crippen LogP contribution in [-0.4, -0.2) is 11.6 Å². The molecule has 0 aliphatic rings. The van der Waals surface area contributed by atoms with Gasteiger partial charge in [-0.15, -0.1) is 0 Å². The van der Waals surface area contributed by atoms with Crippen LogP contribution in [0.1, 0.15) is 32.5 Å². The van der Waals surface area contributed by atoms with E-state index in [2.05, 4.69) is 15.9 Å². The fraction of sp³-hybridized carbons (Fsp3) is 0.417. The van der Waals surface area contributed by atoms with Crippen molar-refractivity contribution in [2.75, 3.05) is 0 Å². The Bertz CT molecular complexity index is 368. The lowest BCUT2D eigenvalue weighted by Crippen LogP contribution is -2.26. The van der Waals surface area contributed by atoms with Gasteiger partial charge >= 0.3 is 5.97 Å². The van der Waals surface area contributed by atoms with Crippen LogP contribution in [0.25, 0.3) is 0 Å². The molecule has 0 bridgehead atoms. The maximum absolute atomic E-state index is 13.7. The first-order valence-electron chi connectivity index (χ1n) is 4.92. The van der Waals surface area contributed by atoms with E-state index in [1.54, 1.807) is 45.0 Å². The number of ether oxygens (including phenoxy) is 1. The Morgan fingerprint density at radius 1 is 1.31 bits per heavy atom. The molecule has 0 amide bonds. The van der Waals surface area contributed by atoms with E-state index in [0.717, 1.165) is 4.47 Å². The molecule has 1 aromatic carbocycles. The summed E-state index contributed by atoms with van der Waals surface area (Å²) in [7, 11) is 0. The molecular weight excluding hydrogens is 275 g/mol. The number of benzene rings is 1. The first-order valence-corrected chi connectivity index (χ1v) is 5.71. The van der Waals surface area contributed by atoms with E-state index in [-0.39, 0.29) is 0 Å². The molecule has 88 valence electrons. The van der Waals surface area contributed by atoms with Gasteiger partial charge in [-0.1, -0.05) is 28.1 Å². The van der Waals surface area contributed by atoms with Gasteiger partial charge < -0.3 is 4.74 Å². The van der Waals surface area contributed by atoms with E-state index < -0.39 is 17.7 Å². The average Bonchev–Trinajstić information content (AvgIpc) is 2.15. The zero-order chi connectivity index (χ0) is 12.3. The highest BCUT2D eigenvalue weighted by molar-refractivity contribution is 9.10. The quantitative estimate of drug-likeness (QED) is 0.774. The van der Waals surface area contributed by atoms with Crippen LogP contribution in [0.5, 0.6) is 0 Å². The maximum Gasteiger partial charge on any atom is 0.345 e. The fourth-order valence-electron chi connectivity index (χ4n) is 1.12. The molecule has 16 heavy (non-hydrogen) atoms. The number of rotatable bonds is 2. The predicted octanol–water partition coefficient (Wildman–Crippen LogP) is 3.80. The minimum atomic E-state index is -1.73. The Hall–Kier alpha value is -0.900. The number of hydrogen-bond acceptors (Lipinski definition) is 2. The lowest BCUT2D eigenvalue weighted by molar-refractivity contribution is -0.161. The Labute approximate surface area is 103 Å². The monoisotopic (exact) mass is 288 g/mol. The fourth-order valence-corrected chi connectivity index (χ4v) is 1.39. The van der Waals surface area contributed by atoms with Crippen LogP contribution >= 0.6 is 15.9 Å². The summed E-state index contributed by atoms with van der Waals surface area (Å²) in [5, 5.41) is 0. The van der Waals surface area contributed by atoms with Crippen molar-refractivity contribution >= 4 is 21.9 Å². The molecule has 0 N–H and O–H groups in total. The van der Waals surface area contributed by atoms with Crippen molar-refractivity contribution in [3.63, 3.8) is 0 Å². The number of esters is 1. The van der Waals surface area contributed by atoms with Crippen molar-refractivity contribution in [2.24, 2.45) is 0 Å². The molecule has 1 rings (SSSR count). The van der Waals surface area contributed by atoms with Crippen molar-refractivity contribution in [2.45, 2.75) is 32.5 Å². The largest absolute Gasteiger partial charge is 0.458 e. The van der Waals surface area contributed by atoms with Gasteiger partial charge in [0.1, 0.15) is 5.60 Å². The van der Waals surface area contributed by atoms with E-state index in [1.165, 1.54) is 0 Å². The van der Waals surface area contributed by atoms with E-state index in [1.807, 2.05) is 0 Å². The SMILES string of the molecule is CC(C)(C)OC(=O)C(F)c1ccc(Br)cc1. The summed E-state index contributed by atoms with van der Waals surface area (Å²) in [5.41, 5.74) is -0.367. The van der Waals surface area contributed by atoms with Crippen LogP contribution in [0.3, 0.4) is 0 Å². The average molecular weight is 289 g/mol. The standard InChI is InChI=1S/C12H14BrFO2/c1-12(2,3)16-11(15)10(14)8-4-6-9(13)7-5-8/h4-7,10H,1-3H3. The Morgan fingerprint density at radius 2 is 1.81 bits per heavy atom. The van der Waals surface area contributed by atoms with Gasteiger partial charge in [0.05, 0.1) is 0 Å². The molecule has 0 aromatic heterocycles. The number of halogens is 2. The van der Waals surface area contributed by atoms with E-state index >= 15 is 0 Å². The highest BCUT2D eigenvalue weighted by Crippen LogP contribution is 2.23. The molecule has 2 nitrogen and oxygen atoms in total. The molecule has 0 heterocycles. The molecule has 0 spiro atoms. The van der Waals surface area contributed by atoms with Crippen LogP contribution in [-0.2, 0) is 9.53 Å². The molecule has 0 saturated carbocycles. The second-order valence-electron chi connectivity index (χ2n) is 4.45. The molecule has 0 aliphatic heterocycles. The first-order chi connectivity index (χ1) is 7.29. The van der Waals surface area contributed by atoms with Crippen molar-refractivity contribution in [3.05, 3.63) is 34.3 Å². The third kappa shape index (κ3) is 3.93. The second kappa shape index (κ2) is 4.95. The molecule has 0 radical (unpaired) electrons. The summed E-state index contributed by atoms with van der Waals surface area (Å²) in [4.78, 5) is 11.4. The maximum atomic E-state index is 13.7. The molecule has 4 heteroatoms. The van der Waals surface area contributed by atoms with Crippen LogP contribution in [0.2, 0.25) is 0 Å². The third-order valence-electron chi connectivity index (χ3n) is 1.78. The smallest absolute Gasteiger partial charge is 0.345 e. The number of hydrogen-bond donors (Lipinski definition) is 0. The Kier molecular flexibility index (Phi) is 4.08. The Balaban J connectivity index is 2.74. The minimum absolute atomic E-state index is 0.303. The van der Waals surface area contributed by atoms with Crippen molar-refractivity contribution < 1.29 is 13.9 Å². The normalized spacial score (nSPS) is 13.3. The van der Waals surface area contributed by atoms with Gasteiger partial charge in [0.2, 0.25) is 6.17 Å². The number of carbonyl (C=O) groups excluding carboxylic acids is 1. The lowest BCUT2D eigenvalue weighted by atomic mass is 10.1. The summed E-state index contributed by atoms with van der Waals surface area (Å²) in [6.07, 6.45) is -1.73. The van der Waals surface area contributed by atoms with E-state index in [9.17, 15) is 9.18 Å². The zero-order valence-electron chi connectivity index (χ0n) is 9.46. The molecular formula is C12H14BrFO2. The topological polar surface area (TPSA) is 26.3 Å². The summed E-state index contributed by atoms with van der Waals surface area (Å²) >= 11 is 3.24. The number of alkyl halides is 1. The third-order valence-corrected chi connectivity index (χ3v) is 2.31. The van der Waals surface area contributed by atoms with Gasteiger partial charge in [0.25, 0.3) is 0 Å². The summed E-state index contributed by atoms with van der Waals surface area (Å²) in [6.45, 7) is 5.12. The van der Waals surface area contributed by atoms with Crippen LogP contribution in [0, 0.1) is 0 Å². The van der Waals surface area contributed by atoms with Crippen molar-refractivity contribution in [1.82, 2.24) is 0 Å². The van der Waals surface area contributed by atoms with E-state index in [0.29, 0.717) is 5.56 Å². The van der Waals surface area contributed by atoms with Gasteiger partial charge in [-0.25, -0.2) is 9.18 Å². The molecule has 0 aliphatic carbocycles. The van der Waals surface area contributed by atoms with Crippen LogP contribution in [0.15, 0.2) is 28.7 Å². The molecule has 0 fully saturated rings. The van der Waals surface area contributed by atoms with Gasteiger partial charge in [-0.2, -0.15) is 0 Å².